The number of hydrogen-bond acceptors (Lipinski definition) is 2. The fourth-order valence-corrected chi connectivity index (χ4v) is 2.14. The minimum Gasteiger partial charge on any atom is -0.466 e. The van der Waals surface area contributed by atoms with Crippen LogP contribution in [-0.2, 0) is 9.53 Å². The zero-order valence-electron chi connectivity index (χ0n) is 12.1. The van der Waals surface area contributed by atoms with E-state index in [-0.39, 0.29) is 18.3 Å². The van der Waals surface area contributed by atoms with Crippen LogP contribution in [0.15, 0.2) is 18.2 Å². The molecule has 1 aromatic rings. The average molecular weight is 284 g/mol. The van der Waals surface area contributed by atoms with E-state index in [0.717, 1.165) is 25.3 Å². The Labute approximate surface area is 119 Å². The monoisotopic (exact) mass is 284 g/mol. The Morgan fingerprint density at radius 2 is 2.00 bits per heavy atom. The fraction of sp³-hybridized carbons (Fsp3) is 0.562. The number of carbonyl (C=O) groups is 1. The lowest BCUT2D eigenvalue weighted by atomic mass is 9.91. The van der Waals surface area contributed by atoms with Crippen molar-refractivity contribution in [3.8, 4) is 0 Å². The summed E-state index contributed by atoms with van der Waals surface area (Å²) in [6.07, 6.45) is 3.42. The first-order chi connectivity index (χ1) is 9.58. The van der Waals surface area contributed by atoms with E-state index >= 15 is 0 Å². The molecule has 4 heteroatoms. The summed E-state index contributed by atoms with van der Waals surface area (Å²) in [7, 11) is 0. The van der Waals surface area contributed by atoms with Crippen molar-refractivity contribution in [3.63, 3.8) is 0 Å². The molecular formula is C16H22F2O2. The number of hydrogen-bond donors (Lipinski definition) is 0. The number of esters is 1. The molecule has 0 spiro atoms. The second-order valence-electron chi connectivity index (χ2n) is 4.93. The van der Waals surface area contributed by atoms with E-state index in [1.807, 2.05) is 13.8 Å². The summed E-state index contributed by atoms with van der Waals surface area (Å²) in [5.74, 6) is -1.77. The van der Waals surface area contributed by atoms with Crippen molar-refractivity contribution in [1.82, 2.24) is 0 Å². The largest absolute Gasteiger partial charge is 0.466 e. The van der Waals surface area contributed by atoms with Gasteiger partial charge in [-0.15, -0.1) is 0 Å². The van der Waals surface area contributed by atoms with Gasteiger partial charge in [-0.25, -0.2) is 8.78 Å². The Balaban J connectivity index is 2.70. The fourth-order valence-electron chi connectivity index (χ4n) is 2.14. The Kier molecular flexibility index (Phi) is 7.20. The van der Waals surface area contributed by atoms with Crippen LogP contribution in [0.2, 0.25) is 0 Å². The van der Waals surface area contributed by atoms with E-state index in [1.165, 1.54) is 12.1 Å². The van der Waals surface area contributed by atoms with Crippen molar-refractivity contribution in [1.29, 1.82) is 0 Å². The van der Waals surface area contributed by atoms with Crippen LogP contribution in [0.4, 0.5) is 8.78 Å². The third kappa shape index (κ3) is 5.27. The summed E-state index contributed by atoms with van der Waals surface area (Å²) in [4.78, 5) is 11.7. The predicted molar refractivity (Wildman–Crippen MR) is 74.5 cm³/mol. The normalized spacial score (nSPS) is 12.2. The number of unbranched alkanes of at least 4 members (excludes halogenated alkanes) is 1. The molecule has 1 aromatic carbocycles. The van der Waals surface area contributed by atoms with E-state index in [0.29, 0.717) is 18.6 Å². The van der Waals surface area contributed by atoms with E-state index in [2.05, 4.69) is 0 Å². The van der Waals surface area contributed by atoms with Crippen LogP contribution in [0.5, 0.6) is 0 Å². The molecule has 0 N–H and O–H groups in total. The zero-order chi connectivity index (χ0) is 15.0. The van der Waals surface area contributed by atoms with Gasteiger partial charge in [-0.2, -0.15) is 0 Å². The number of carbonyl (C=O) groups excluding carboxylic acids is 1. The van der Waals surface area contributed by atoms with Crippen LogP contribution in [0.1, 0.15) is 57.4 Å². The molecule has 0 aliphatic rings. The van der Waals surface area contributed by atoms with Gasteiger partial charge in [-0.3, -0.25) is 4.79 Å². The topological polar surface area (TPSA) is 26.3 Å². The summed E-state index contributed by atoms with van der Waals surface area (Å²) in [6, 6.07) is 3.51. The van der Waals surface area contributed by atoms with Gasteiger partial charge in [0.1, 0.15) is 11.6 Å². The summed E-state index contributed by atoms with van der Waals surface area (Å²) >= 11 is 0. The molecule has 0 saturated heterocycles. The van der Waals surface area contributed by atoms with Gasteiger partial charge in [0.05, 0.1) is 13.0 Å². The average Bonchev–Trinajstić information content (AvgIpc) is 2.38. The van der Waals surface area contributed by atoms with Crippen molar-refractivity contribution >= 4 is 5.97 Å². The van der Waals surface area contributed by atoms with Gasteiger partial charge in [-0.05, 0) is 30.4 Å². The highest BCUT2D eigenvalue weighted by Gasteiger charge is 2.20. The zero-order valence-corrected chi connectivity index (χ0v) is 12.1. The highest BCUT2D eigenvalue weighted by atomic mass is 19.1. The molecule has 0 radical (unpaired) electrons. The summed E-state index contributed by atoms with van der Waals surface area (Å²) in [6.45, 7) is 4.39. The highest BCUT2D eigenvalue weighted by molar-refractivity contribution is 5.70. The number of ether oxygens (including phenoxy) is 1. The van der Waals surface area contributed by atoms with Crippen LogP contribution in [0.3, 0.4) is 0 Å². The molecule has 1 unspecified atom stereocenters. The molecule has 20 heavy (non-hydrogen) atoms. The minimum atomic E-state index is -0.605. The van der Waals surface area contributed by atoms with Crippen molar-refractivity contribution in [2.75, 3.05) is 6.61 Å². The lowest BCUT2D eigenvalue weighted by molar-refractivity contribution is -0.144. The SMILES string of the molecule is CCCCOC(=O)CC(CCC)c1ccc(F)cc1F. The Hall–Kier alpha value is -1.45. The maximum Gasteiger partial charge on any atom is 0.306 e. The van der Waals surface area contributed by atoms with Crippen molar-refractivity contribution < 1.29 is 18.3 Å². The lowest BCUT2D eigenvalue weighted by Gasteiger charge is -2.16. The number of halogens is 2. The molecule has 0 aliphatic heterocycles. The lowest BCUT2D eigenvalue weighted by Crippen LogP contribution is -2.12. The van der Waals surface area contributed by atoms with Crippen molar-refractivity contribution in [2.24, 2.45) is 0 Å². The summed E-state index contributed by atoms with van der Waals surface area (Å²) < 4.78 is 31.8. The molecule has 1 rings (SSSR count). The molecule has 0 aromatic heterocycles. The predicted octanol–water partition coefficient (Wildman–Crippen LogP) is 4.58. The molecule has 0 saturated carbocycles. The molecule has 1 atom stereocenters. The van der Waals surface area contributed by atoms with Crippen molar-refractivity contribution in [2.45, 2.75) is 51.9 Å². The van der Waals surface area contributed by atoms with Gasteiger partial charge in [0.15, 0.2) is 0 Å². The first-order valence-corrected chi connectivity index (χ1v) is 7.19. The number of rotatable bonds is 8. The summed E-state index contributed by atoms with van der Waals surface area (Å²) in [5, 5.41) is 0. The third-order valence-electron chi connectivity index (χ3n) is 3.21. The molecule has 0 fully saturated rings. The highest BCUT2D eigenvalue weighted by Crippen LogP contribution is 2.28. The van der Waals surface area contributed by atoms with Gasteiger partial charge >= 0.3 is 5.97 Å². The maximum atomic E-state index is 13.8. The van der Waals surface area contributed by atoms with Gasteiger partial charge in [-0.1, -0.05) is 32.8 Å². The standard InChI is InChI=1S/C16H22F2O2/c1-3-5-9-20-16(19)10-12(6-4-2)14-8-7-13(17)11-15(14)18/h7-8,11-12H,3-6,9-10H2,1-2H3. The molecular weight excluding hydrogens is 262 g/mol. The number of benzene rings is 1. The van der Waals surface area contributed by atoms with E-state index in [9.17, 15) is 13.6 Å². The second kappa shape index (κ2) is 8.67. The Morgan fingerprint density at radius 1 is 1.25 bits per heavy atom. The quantitative estimate of drug-likeness (QED) is 0.516. The van der Waals surface area contributed by atoms with Gasteiger partial charge in [0.2, 0.25) is 0 Å². The van der Waals surface area contributed by atoms with E-state index < -0.39 is 11.6 Å². The molecule has 0 amide bonds. The van der Waals surface area contributed by atoms with Crippen LogP contribution >= 0.6 is 0 Å². The van der Waals surface area contributed by atoms with Crippen LogP contribution in [0.25, 0.3) is 0 Å². The molecule has 0 bridgehead atoms. The molecule has 112 valence electrons. The Morgan fingerprint density at radius 3 is 2.60 bits per heavy atom. The third-order valence-corrected chi connectivity index (χ3v) is 3.21. The van der Waals surface area contributed by atoms with Gasteiger partial charge in [0, 0.05) is 6.07 Å². The van der Waals surface area contributed by atoms with Crippen LogP contribution in [0, 0.1) is 11.6 Å². The maximum absolute atomic E-state index is 13.8. The first-order valence-electron chi connectivity index (χ1n) is 7.19. The smallest absolute Gasteiger partial charge is 0.306 e. The first kappa shape index (κ1) is 16.6. The van der Waals surface area contributed by atoms with E-state index in [4.69, 9.17) is 4.74 Å². The molecule has 0 aliphatic carbocycles. The minimum absolute atomic E-state index is 0.139. The van der Waals surface area contributed by atoms with Gasteiger partial charge < -0.3 is 4.74 Å². The second-order valence-corrected chi connectivity index (χ2v) is 4.93. The Bertz CT molecular complexity index is 432. The van der Waals surface area contributed by atoms with Gasteiger partial charge in [0.25, 0.3) is 0 Å². The van der Waals surface area contributed by atoms with Crippen LogP contribution in [-0.4, -0.2) is 12.6 Å². The van der Waals surface area contributed by atoms with Crippen LogP contribution < -0.4 is 0 Å². The molecule has 2 nitrogen and oxygen atoms in total. The van der Waals surface area contributed by atoms with E-state index in [1.54, 1.807) is 0 Å². The van der Waals surface area contributed by atoms with Crippen molar-refractivity contribution in [3.05, 3.63) is 35.4 Å². The molecule has 0 heterocycles. The summed E-state index contributed by atoms with van der Waals surface area (Å²) in [5.41, 5.74) is 0.390.